The van der Waals surface area contributed by atoms with Crippen LogP contribution in [0.4, 0.5) is 18.0 Å². The number of amides is 4. The summed E-state index contributed by atoms with van der Waals surface area (Å²) in [7, 11) is 15.9. The Morgan fingerprint density at radius 1 is 0.484 bits per heavy atom. The number of methoxy groups -OCH3 is 2. The number of carbonyl (C=O) groups excluding carboxylic acids is 3. The van der Waals surface area contributed by atoms with E-state index < -0.39 is 0 Å². The van der Waals surface area contributed by atoms with E-state index in [0.717, 1.165) is 148 Å². The quantitative estimate of drug-likeness (QED) is 0.101. The van der Waals surface area contributed by atoms with Gasteiger partial charge in [-0.15, -0.1) is 0 Å². The fourth-order valence-electron chi connectivity index (χ4n) is 17.7. The summed E-state index contributed by atoms with van der Waals surface area (Å²) >= 11 is 0. The molecule has 15 heteroatoms. The van der Waals surface area contributed by atoms with E-state index in [2.05, 4.69) is 96.8 Å². The molecule has 0 bridgehead atoms. The number of likely N-dealkylation sites (tertiary alicyclic amines) is 1. The Balaban J connectivity index is 0.000000142. The molecule has 8 aliphatic rings. The first kappa shape index (κ1) is 66.1. The van der Waals surface area contributed by atoms with Crippen molar-refractivity contribution in [1.82, 2.24) is 35.1 Å². The lowest BCUT2D eigenvalue weighted by molar-refractivity contribution is -0.133. The highest BCUT2D eigenvalue weighted by molar-refractivity contribution is 5.83. The van der Waals surface area contributed by atoms with E-state index in [4.69, 9.17) is 9.47 Å². The Bertz CT molecular complexity index is 3300. The topological polar surface area (TPSA) is 110 Å². The van der Waals surface area contributed by atoms with Gasteiger partial charge in [0.1, 0.15) is 29.0 Å². The normalized spacial score (nSPS) is 29.8. The first-order chi connectivity index (χ1) is 43.7. The summed E-state index contributed by atoms with van der Waals surface area (Å²) in [5.41, 5.74) is 4.79. The van der Waals surface area contributed by atoms with E-state index in [1.165, 1.54) is 56.7 Å². The molecule has 5 aliphatic carbocycles. The van der Waals surface area contributed by atoms with Gasteiger partial charge in [0.25, 0.3) is 0 Å². The monoisotopic (exact) mass is 1250 g/mol. The Morgan fingerprint density at radius 2 is 0.879 bits per heavy atom. The van der Waals surface area contributed by atoms with Crippen LogP contribution < -0.4 is 20.1 Å². The van der Waals surface area contributed by atoms with Gasteiger partial charge in [0.2, 0.25) is 11.8 Å². The highest BCUT2D eigenvalue weighted by Crippen LogP contribution is 2.58. The van der Waals surface area contributed by atoms with Crippen molar-refractivity contribution in [3.63, 3.8) is 0 Å². The highest BCUT2D eigenvalue weighted by Gasteiger charge is 2.58. The molecule has 3 aliphatic heterocycles. The average molecular weight is 1250 g/mol. The van der Waals surface area contributed by atoms with Gasteiger partial charge in [-0.05, 0) is 243 Å². The van der Waals surface area contributed by atoms with Crippen LogP contribution in [-0.4, -0.2) is 124 Å². The number of nitrogens with one attached hydrogen (secondary N) is 2. The van der Waals surface area contributed by atoms with Gasteiger partial charge in [0.05, 0.1) is 19.8 Å². The Labute approximate surface area is 540 Å². The van der Waals surface area contributed by atoms with Gasteiger partial charge in [0.15, 0.2) is 0 Å². The Hall–Kier alpha value is -6.42. The number of carbonyl (C=O) groups is 3. The maximum Gasteiger partial charge on any atom is 0.318 e. The molecule has 5 aromatic carbocycles. The number of halogens is 3. The molecule has 12 nitrogen and oxygen atoms in total. The van der Waals surface area contributed by atoms with E-state index in [-0.39, 0.29) is 74.2 Å². The van der Waals surface area contributed by atoms with Gasteiger partial charge in [-0.1, -0.05) is 99.2 Å². The fourth-order valence-corrected chi connectivity index (χ4v) is 17.7. The molecule has 2 atom stereocenters. The van der Waals surface area contributed by atoms with Crippen LogP contribution in [0.3, 0.4) is 0 Å². The van der Waals surface area contributed by atoms with Crippen molar-refractivity contribution in [2.75, 3.05) is 76.1 Å². The van der Waals surface area contributed by atoms with Gasteiger partial charge in [-0.25, -0.2) is 18.0 Å². The van der Waals surface area contributed by atoms with Crippen LogP contribution in [0.5, 0.6) is 11.5 Å². The predicted molar refractivity (Wildman–Crippen MR) is 353 cm³/mol. The van der Waals surface area contributed by atoms with Gasteiger partial charge in [0, 0.05) is 61.2 Å². The first-order valence-electron chi connectivity index (χ1n) is 33.9. The number of benzene rings is 5. The molecule has 2 N–H and O–H groups in total. The zero-order chi connectivity index (χ0) is 64.3. The van der Waals surface area contributed by atoms with Crippen LogP contribution in [-0.2, 0) is 39.3 Å². The minimum absolute atomic E-state index is 0.00562. The molecule has 4 amide bonds. The standard InChI is InChI=1S/C30H39FN2O2.C24H30FN3O2.C22H31FN2O/c1-32(2)30(24-8-5-9-25(31)19-24)16-14-29(15-17-30)21-33(20-23-10-12-26(35-3)13-11-23)28(34)27(29)18-22-6-4-7-22;1-27(2)24(19-5-4-6-20(25)15-19)13-11-23(12-14-24)17-28(22(29)26-23)16-18-7-9-21(30-3)10-8-18;1-25(2)22(17-7-4-8-18(23)14-17)11-9-21(10-12-22)15-24-20(26)19(21)13-16-5-3-6-16/h5,8-13,19,22,27H,4,6-7,14-18,20-21H2,1-3H3;4-10,15H,11-14,16-17H2,1-3H3,(H,26,29);4,7-8,14,16,19H,3,5-6,9-13,15H2,1-2H3,(H,24,26). The zero-order valence-corrected chi connectivity index (χ0v) is 55.4. The van der Waals surface area contributed by atoms with Crippen molar-refractivity contribution in [2.45, 2.75) is 164 Å². The minimum atomic E-state index is -0.212. The molecule has 13 rings (SSSR count). The van der Waals surface area contributed by atoms with Crippen molar-refractivity contribution >= 4 is 17.8 Å². The number of hydrogen-bond donors (Lipinski definition) is 2. The number of nitrogens with zero attached hydrogens (tertiary/aromatic N) is 5. The summed E-state index contributed by atoms with van der Waals surface area (Å²) in [5, 5.41) is 6.45. The smallest absolute Gasteiger partial charge is 0.318 e. The maximum absolute atomic E-state index is 14.2. The van der Waals surface area contributed by atoms with E-state index >= 15 is 0 Å². The molecule has 2 unspecified atom stereocenters. The summed E-state index contributed by atoms with van der Waals surface area (Å²) in [6, 6.07) is 37.1. The summed E-state index contributed by atoms with van der Waals surface area (Å²) in [5.74, 6) is 3.48. The zero-order valence-electron chi connectivity index (χ0n) is 55.4. The lowest BCUT2D eigenvalue weighted by atomic mass is 9.59. The van der Waals surface area contributed by atoms with Crippen LogP contribution in [0.25, 0.3) is 0 Å². The van der Waals surface area contributed by atoms with Crippen LogP contribution in [0.1, 0.15) is 156 Å². The SMILES string of the molecule is CN(C)C1(c2cccc(F)c2)CCC2(CC1)CNC(=O)C2CC1CCC1.COc1ccc(CN2CC3(CCC(c4cccc(F)c4)(N(C)C)CC3)C(CC3CCC3)C2=O)cc1.COc1ccc(CN2CC3(CCC(c4cccc(F)c4)(N(C)C)CC3)NC2=O)cc1. The summed E-state index contributed by atoms with van der Waals surface area (Å²) in [4.78, 5) is 49.9. The van der Waals surface area contributed by atoms with Crippen molar-refractivity contribution in [3.8, 4) is 11.5 Å². The second kappa shape index (κ2) is 27.3. The lowest BCUT2D eigenvalue weighted by Gasteiger charge is -2.50. The number of rotatable bonds is 16. The second-order valence-corrected chi connectivity index (χ2v) is 29.4. The second-order valence-electron chi connectivity index (χ2n) is 29.4. The Morgan fingerprint density at radius 3 is 1.26 bits per heavy atom. The van der Waals surface area contributed by atoms with E-state index in [9.17, 15) is 27.6 Å². The lowest BCUT2D eigenvalue weighted by Crippen LogP contribution is -2.54. The van der Waals surface area contributed by atoms with Crippen molar-refractivity contribution in [2.24, 2.45) is 34.5 Å². The molecular formula is C76H100F3N7O5. The van der Waals surface area contributed by atoms with Crippen LogP contribution in [0.2, 0.25) is 0 Å². The molecule has 0 aromatic heterocycles. The summed E-state index contributed by atoms with van der Waals surface area (Å²) < 4.78 is 52.5. The van der Waals surface area contributed by atoms with Crippen molar-refractivity contribution < 1.29 is 37.0 Å². The fraction of sp³-hybridized carbons (Fsp3) is 0.566. The van der Waals surface area contributed by atoms with Gasteiger partial charge >= 0.3 is 6.03 Å². The van der Waals surface area contributed by atoms with Crippen LogP contribution in [0, 0.1) is 52.0 Å². The highest BCUT2D eigenvalue weighted by atomic mass is 19.1. The van der Waals surface area contributed by atoms with E-state index in [0.29, 0.717) is 31.5 Å². The van der Waals surface area contributed by atoms with Gasteiger partial charge in [-0.3, -0.25) is 24.3 Å². The molecule has 0 radical (unpaired) electrons. The third kappa shape index (κ3) is 13.6. The van der Waals surface area contributed by atoms with Crippen LogP contribution in [0.15, 0.2) is 121 Å². The number of urea groups is 1. The number of hydrogen-bond acceptors (Lipinski definition) is 8. The molecule has 3 spiro atoms. The third-order valence-corrected chi connectivity index (χ3v) is 24.2. The first-order valence-corrected chi connectivity index (χ1v) is 33.9. The van der Waals surface area contributed by atoms with Crippen molar-refractivity contribution in [3.05, 3.63) is 167 Å². The molecule has 5 saturated carbocycles. The average Bonchev–Trinajstić information content (AvgIpc) is 1.86. The maximum atomic E-state index is 14.2. The predicted octanol–water partition coefficient (Wildman–Crippen LogP) is 14.2. The number of ether oxygens (including phenoxy) is 2. The van der Waals surface area contributed by atoms with Gasteiger partial charge < -0.3 is 29.9 Å². The van der Waals surface area contributed by atoms with Gasteiger partial charge in [-0.2, -0.15) is 0 Å². The Kier molecular flexibility index (Phi) is 19.8. The molecule has 3 saturated heterocycles. The molecular weight excluding hydrogens is 1150 g/mol. The van der Waals surface area contributed by atoms with Crippen molar-refractivity contribution in [1.29, 1.82) is 0 Å². The summed E-state index contributed by atoms with van der Waals surface area (Å²) in [6.45, 7) is 3.61. The molecule has 5 aromatic rings. The third-order valence-electron chi connectivity index (χ3n) is 24.2. The van der Waals surface area contributed by atoms with Crippen LogP contribution >= 0.6 is 0 Å². The molecule has 3 heterocycles. The minimum Gasteiger partial charge on any atom is -0.497 e. The summed E-state index contributed by atoms with van der Waals surface area (Å²) in [6.07, 6.45) is 21.3. The largest absolute Gasteiger partial charge is 0.497 e. The molecule has 490 valence electrons. The van der Waals surface area contributed by atoms with E-state index in [1.54, 1.807) is 38.5 Å². The molecule has 8 fully saturated rings. The molecule has 91 heavy (non-hydrogen) atoms. The van der Waals surface area contributed by atoms with E-state index in [1.807, 2.05) is 59.5 Å².